The number of fused-ring (bicyclic) bond motifs is 1. The number of ether oxygens (including phenoxy) is 1. The Hall–Kier alpha value is -1.65. The van der Waals surface area contributed by atoms with Gasteiger partial charge in [-0.3, -0.25) is 4.79 Å². The number of rotatable bonds is 6. The van der Waals surface area contributed by atoms with Crippen molar-refractivity contribution in [2.75, 3.05) is 25.6 Å². The molecular weight excluding hydrogens is 264 g/mol. The number of carbonyl (C=O) groups excluding carboxylic acids is 1. The monoisotopic (exact) mass is 278 g/mol. The molecule has 0 bridgehead atoms. The van der Waals surface area contributed by atoms with Gasteiger partial charge in [-0.25, -0.2) is 4.98 Å². The number of hydrogen-bond acceptors (Lipinski definition) is 3. The van der Waals surface area contributed by atoms with Crippen molar-refractivity contribution in [1.82, 2.24) is 10.3 Å². The van der Waals surface area contributed by atoms with Gasteiger partial charge in [0.05, 0.1) is 18.7 Å². The number of benzene rings is 1. The number of hydrogen-bond donors (Lipinski definition) is 1. The first kappa shape index (κ1) is 13.8. The van der Waals surface area contributed by atoms with Gasteiger partial charge in [-0.15, -0.1) is 11.6 Å². The third-order valence-electron chi connectivity index (χ3n) is 2.58. The zero-order valence-electron chi connectivity index (χ0n) is 10.4. The molecule has 0 fully saturated rings. The van der Waals surface area contributed by atoms with Crippen molar-refractivity contribution < 1.29 is 9.53 Å². The maximum atomic E-state index is 11.9. The first-order chi connectivity index (χ1) is 9.31. The fraction of sp³-hybridized carbons (Fsp3) is 0.286. The quantitative estimate of drug-likeness (QED) is 0.651. The molecular formula is C14H15ClN2O2. The summed E-state index contributed by atoms with van der Waals surface area (Å²) >= 11 is 5.47. The Morgan fingerprint density at radius 1 is 1.21 bits per heavy atom. The van der Waals surface area contributed by atoms with E-state index in [9.17, 15) is 4.79 Å². The molecule has 1 aromatic heterocycles. The van der Waals surface area contributed by atoms with Gasteiger partial charge in [0.1, 0.15) is 5.69 Å². The highest BCUT2D eigenvalue weighted by Crippen LogP contribution is 2.11. The van der Waals surface area contributed by atoms with Gasteiger partial charge in [-0.2, -0.15) is 0 Å². The summed E-state index contributed by atoms with van der Waals surface area (Å²) in [5.41, 5.74) is 1.23. The van der Waals surface area contributed by atoms with Gasteiger partial charge in [0.25, 0.3) is 5.91 Å². The molecule has 1 heterocycles. The molecule has 19 heavy (non-hydrogen) atoms. The Balaban J connectivity index is 1.93. The largest absolute Gasteiger partial charge is 0.378 e. The maximum absolute atomic E-state index is 11.9. The first-order valence-electron chi connectivity index (χ1n) is 6.09. The zero-order valence-corrected chi connectivity index (χ0v) is 11.2. The minimum atomic E-state index is -0.194. The van der Waals surface area contributed by atoms with Gasteiger partial charge in [0.15, 0.2) is 0 Å². The van der Waals surface area contributed by atoms with Gasteiger partial charge in [-0.1, -0.05) is 24.3 Å². The summed E-state index contributed by atoms with van der Waals surface area (Å²) in [6, 6.07) is 11.3. The van der Waals surface area contributed by atoms with Crippen LogP contribution >= 0.6 is 11.6 Å². The molecule has 0 radical (unpaired) electrons. The summed E-state index contributed by atoms with van der Waals surface area (Å²) in [7, 11) is 0. The van der Waals surface area contributed by atoms with Crippen LogP contribution < -0.4 is 5.32 Å². The number of aromatic nitrogens is 1. The number of amides is 1. The molecule has 4 nitrogen and oxygen atoms in total. The van der Waals surface area contributed by atoms with Crippen LogP contribution in [0.1, 0.15) is 10.5 Å². The van der Waals surface area contributed by atoms with Crippen LogP contribution in [-0.2, 0) is 4.74 Å². The molecule has 1 amide bonds. The lowest BCUT2D eigenvalue weighted by Gasteiger charge is -2.06. The molecule has 0 unspecified atom stereocenters. The molecule has 5 heteroatoms. The molecule has 0 spiro atoms. The molecule has 0 aliphatic heterocycles. The lowest BCUT2D eigenvalue weighted by atomic mass is 10.2. The van der Waals surface area contributed by atoms with Crippen LogP contribution in [0.15, 0.2) is 36.4 Å². The second-order valence-electron chi connectivity index (χ2n) is 3.95. The third-order valence-corrected chi connectivity index (χ3v) is 2.74. The molecule has 1 aromatic carbocycles. The van der Waals surface area contributed by atoms with E-state index in [0.717, 1.165) is 10.9 Å². The van der Waals surface area contributed by atoms with Crippen molar-refractivity contribution in [3.05, 3.63) is 42.1 Å². The smallest absolute Gasteiger partial charge is 0.269 e. The predicted octanol–water partition coefficient (Wildman–Crippen LogP) is 2.22. The Labute approximate surface area is 116 Å². The minimum Gasteiger partial charge on any atom is -0.378 e. The Morgan fingerprint density at radius 3 is 2.89 bits per heavy atom. The van der Waals surface area contributed by atoms with E-state index >= 15 is 0 Å². The van der Waals surface area contributed by atoms with E-state index in [1.165, 1.54) is 0 Å². The average molecular weight is 279 g/mol. The van der Waals surface area contributed by atoms with Gasteiger partial charge in [0, 0.05) is 17.8 Å². The minimum absolute atomic E-state index is 0.194. The SMILES string of the molecule is O=C(NCCOCCCl)c1ccc2ccccc2n1. The number of pyridine rings is 1. The van der Waals surface area contributed by atoms with Crippen molar-refractivity contribution in [2.24, 2.45) is 0 Å². The van der Waals surface area contributed by atoms with E-state index in [4.69, 9.17) is 16.3 Å². The number of nitrogens with one attached hydrogen (secondary N) is 1. The van der Waals surface area contributed by atoms with Crippen LogP contribution in [0.3, 0.4) is 0 Å². The lowest BCUT2D eigenvalue weighted by Crippen LogP contribution is -2.28. The average Bonchev–Trinajstić information content (AvgIpc) is 2.46. The fourth-order valence-electron chi connectivity index (χ4n) is 1.68. The van der Waals surface area contributed by atoms with Crippen LogP contribution in [0.4, 0.5) is 0 Å². The predicted molar refractivity (Wildman–Crippen MR) is 75.6 cm³/mol. The summed E-state index contributed by atoms with van der Waals surface area (Å²) in [5.74, 6) is 0.264. The summed E-state index contributed by atoms with van der Waals surface area (Å²) in [6.07, 6.45) is 0. The highest BCUT2D eigenvalue weighted by Gasteiger charge is 2.06. The van der Waals surface area contributed by atoms with Crippen molar-refractivity contribution >= 4 is 28.4 Å². The van der Waals surface area contributed by atoms with Crippen LogP contribution in [0, 0.1) is 0 Å². The molecule has 2 aromatic rings. The fourth-order valence-corrected chi connectivity index (χ4v) is 1.79. The van der Waals surface area contributed by atoms with Crippen molar-refractivity contribution in [2.45, 2.75) is 0 Å². The summed E-state index contributed by atoms with van der Waals surface area (Å²) < 4.78 is 5.17. The van der Waals surface area contributed by atoms with Crippen molar-refractivity contribution in [3.63, 3.8) is 0 Å². The highest BCUT2D eigenvalue weighted by atomic mass is 35.5. The number of halogens is 1. The summed E-state index contributed by atoms with van der Waals surface area (Å²) in [5, 5.41) is 3.77. The van der Waals surface area contributed by atoms with E-state index in [-0.39, 0.29) is 5.91 Å². The number of para-hydroxylation sites is 1. The molecule has 2 rings (SSSR count). The van der Waals surface area contributed by atoms with Gasteiger partial charge in [-0.05, 0) is 12.1 Å². The van der Waals surface area contributed by atoms with Crippen LogP contribution in [0.25, 0.3) is 10.9 Å². The molecule has 0 aliphatic carbocycles. The van der Waals surface area contributed by atoms with Crippen molar-refractivity contribution in [3.8, 4) is 0 Å². The third kappa shape index (κ3) is 3.91. The lowest BCUT2D eigenvalue weighted by molar-refractivity contribution is 0.0919. The zero-order chi connectivity index (χ0) is 13.5. The Bertz CT molecular complexity index is 560. The van der Waals surface area contributed by atoms with E-state index in [1.807, 2.05) is 30.3 Å². The molecule has 0 saturated carbocycles. The highest BCUT2D eigenvalue weighted by molar-refractivity contribution is 6.17. The maximum Gasteiger partial charge on any atom is 0.269 e. The molecule has 0 aliphatic rings. The number of alkyl halides is 1. The number of carbonyl (C=O) groups is 1. The first-order valence-corrected chi connectivity index (χ1v) is 6.62. The molecule has 0 atom stereocenters. The second-order valence-corrected chi connectivity index (χ2v) is 4.32. The normalized spacial score (nSPS) is 10.6. The van der Waals surface area contributed by atoms with Crippen LogP contribution in [-0.4, -0.2) is 36.5 Å². The Kier molecular flexibility index (Phi) is 5.12. The second kappa shape index (κ2) is 7.07. The van der Waals surface area contributed by atoms with Crippen molar-refractivity contribution in [1.29, 1.82) is 0 Å². The summed E-state index contributed by atoms with van der Waals surface area (Å²) in [6.45, 7) is 1.39. The van der Waals surface area contributed by atoms with Gasteiger partial charge >= 0.3 is 0 Å². The van der Waals surface area contributed by atoms with E-state index in [0.29, 0.717) is 31.3 Å². The van der Waals surface area contributed by atoms with Gasteiger partial charge in [0.2, 0.25) is 0 Å². The molecule has 1 N–H and O–H groups in total. The van der Waals surface area contributed by atoms with E-state index in [1.54, 1.807) is 6.07 Å². The van der Waals surface area contributed by atoms with E-state index < -0.39 is 0 Å². The van der Waals surface area contributed by atoms with E-state index in [2.05, 4.69) is 10.3 Å². The molecule has 100 valence electrons. The summed E-state index contributed by atoms with van der Waals surface area (Å²) in [4.78, 5) is 16.2. The molecule has 0 saturated heterocycles. The van der Waals surface area contributed by atoms with Crippen LogP contribution in [0.2, 0.25) is 0 Å². The Morgan fingerprint density at radius 2 is 2.05 bits per heavy atom. The van der Waals surface area contributed by atoms with Crippen LogP contribution in [0.5, 0.6) is 0 Å². The number of nitrogens with zero attached hydrogens (tertiary/aromatic N) is 1. The van der Waals surface area contributed by atoms with Gasteiger partial charge < -0.3 is 10.1 Å². The standard InChI is InChI=1S/C14H15ClN2O2/c15-7-9-19-10-8-16-14(18)13-6-5-11-3-1-2-4-12(11)17-13/h1-6H,7-10H2,(H,16,18). The topological polar surface area (TPSA) is 51.2 Å².